The average molecular weight is 209 g/mol. The molecule has 6 heteroatoms. The number of aromatic nitrogens is 2. The van der Waals surface area contributed by atoms with Gasteiger partial charge in [0.1, 0.15) is 5.69 Å². The molecule has 0 bridgehead atoms. The third-order valence-corrected chi connectivity index (χ3v) is 2.44. The van der Waals surface area contributed by atoms with Crippen molar-refractivity contribution in [1.29, 1.82) is 0 Å². The summed E-state index contributed by atoms with van der Waals surface area (Å²) in [7, 11) is 0. The maximum atomic E-state index is 11.6. The number of aromatic amines is 1. The normalized spacial score (nSPS) is 18.9. The van der Waals surface area contributed by atoms with Crippen LogP contribution in [-0.4, -0.2) is 22.6 Å². The van der Waals surface area contributed by atoms with E-state index in [4.69, 9.17) is 5.73 Å². The third kappa shape index (κ3) is 1.88. The first-order valence-electron chi connectivity index (χ1n) is 5.11. The van der Waals surface area contributed by atoms with Crippen LogP contribution in [0.25, 0.3) is 0 Å². The molecule has 6 nitrogen and oxygen atoms in total. The summed E-state index contributed by atoms with van der Waals surface area (Å²) in [5.41, 5.74) is 5.72. The van der Waals surface area contributed by atoms with Gasteiger partial charge in [0.2, 0.25) is 5.95 Å². The fraction of sp³-hybridized carbons (Fsp3) is 0.556. The summed E-state index contributed by atoms with van der Waals surface area (Å²) < 4.78 is 0. The zero-order valence-electron chi connectivity index (χ0n) is 8.63. The molecule has 0 aliphatic carbocycles. The molecule has 0 spiro atoms. The Morgan fingerprint density at radius 1 is 1.60 bits per heavy atom. The van der Waals surface area contributed by atoms with Gasteiger partial charge < -0.3 is 16.4 Å². The molecule has 1 aliphatic rings. The van der Waals surface area contributed by atoms with Gasteiger partial charge in [-0.25, -0.2) is 0 Å². The molecule has 0 saturated heterocycles. The van der Waals surface area contributed by atoms with E-state index in [-0.39, 0.29) is 17.5 Å². The molecule has 1 aromatic rings. The van der Waals surface area contributed by atoms with E-state index in [1.165, 1.54) is 0 Å². The smallest absolute Gasteiger partial charge is 0.277 e. The summed E-state index contributed by atoms with van der Waals surface area (Å²) in [5, 5.41) is 6.27. The molecule has 0 saturated carbocycles. The molecule has 0 unspecified atom stereocenters. The van der Waals surface area contributed by atoms with E-state index in [0.29, 0.717) is 11.5 Å². The number of H-pyrrole nitrogens is 1. The van der Waals surface area contributed by atoms with Gasteiger partial charge in [0, 0.05) is 12.6 Å². The van der Waals surface area contributed by atoms with Crippen molar-refractivity contribution < 1.29 is 0 Å². The minimum Gasteiger partial charge on any atom is -0.373 e. The summed E-state index contributed by atoms with van der Waals surface area (Å²) in [6.45, 7) is 2.89. The van der Waals surface area contributed by atoms with Crippen molar-refractivity contribution >= 4 is 17.5 Å². The monoisotopic (exact) mass is 209 g/mol. The van der Waals surface area contributed by atoms with Crippen LogP contribution in [0.2, 0.25) is 0 Å². The lowest BCUT2D eigenvalue weighted by Gasteiger charge is -2.26. The molecule has 1 aromatic heterocycles. The summed E-state index contributed by atoms with van der Waals surface area (Å²) in [6.07, 6.45) is 2.10. The quantitative estimate of drug-likeness (QED) is 0.564. The molecular formula is C9H15N5O. The molecule has 2 heterocycles. The maximum Gasteiger partial charge on any atom is 0.277 e. The summed E-state index contributed by atoms with van der Waals surface area (Å²) in [5.74, 6) is 0.686. The molecule has 0 amide bonds. The molecule has 15 heavy (non-hydrogen) atoms. The van der Waals surface area contributed by atoms with E-state index in [0.717, 1.165) is 19.4 Å². The van der Waals surface area contributed by atoms with Crippen LogP contribution in [0.5, 0.6) is 0 Å². The van der Waals surface area contributed by atoms with E-state index in [1.54, 1.807) is 0 Å². The highest BCUT2D eigenvalue weighted by Crippen LogP contribution is 2.21. The summed E-state index contributed by atoms with van der Waals surface area (Å²) in [4.78, 5) is 18.0. The van der Waals surface area contributed by atoms with Crippen LogP contribution in [0.4, 0.5) is 17.5 Å². The predicted molar refractivity (Wildman–Crippen MR) is 60.1 cm³/mol. The van der Waals surface area contributed by atoms with E-state index >= 15 is 0 Å². The number of nitrogens with one attached hydrogen (secondary N) is 3. The third-order valence-electron chi connectivity index (χ3n) is 2.44. The van der Waals surface area contributed by atoms with Gasteiger partial charge in [0.25, 0.3) is 5.56 Å². The van der Waals surface area contributed by atoms with Crippen LogP contribution in [-0.2, 0) is 0 Å². The number of hydrogen-bond donors (Lipinski definition) is 4. The van der Waals surface area contributed by atoms with E-state index in [9.17, 15) is 4.79 Å². The molecular weight excluding hydrogens is 194 g/mol. The lowest BCUT2D eigenvalue weighted by atomic mass is 10.1. The topological polar surface area (TPSA) is 95.8 Å². The van der Waals surface area contributed by atoms with Crippen molar-refractivity contribution in [2.75, 3.05) is 22.9 Å². The van der Waals surface area contributed by atoms with E-state index in [1.807, 2.05) is 0 Å². The molecule has 1 atom stereocenters. The van der Waals surface area contributed by atoms with Gasteiger partial charge in [-0.1, -0.05) is 13.3 Å². The average Bonchev–Trinajstić information content (AvgIpc) is 2.19. The standard InChI is InChI=1S/C9H15N5O/c1-2-3-5-4-11-7-6(12-5)8(15)14-9(10)13-7/h5,12H,2-4H2,1H3,(H4,10,11,13,14,15)/t5-/m1/s1. The number of nitrogens with two attached hydrogens (primary N) is 1. The maximum absolute atomic E-state index is 11.6. The molecule has 0 aromatic carbocycles. The fourth-order valence-electron chi connectivity index (χ4n) is 1.75. The van der Waals surface area contributed by atoms with Crippen LogP contribution in [0.3, 0.4) is 0 Å². The van der Waals surface area contributed by atoms with Gasteiger partial charge in [0.15, 0.2) is 5.82 Å². The second kappa shape index (κ2) is 3.80. The highest BCUT2D eigenvalue weighted by molar-refractivity contribution is 5.67. The van der Waals surface area contributed by atoms with Crippen LogP contribution in [0, 0.1) is 0 Å². The van der Waals surface area contributed by atoms with Crippen molar-refractivity contribution in [2.45, 2.75) is 25.8 Å². The minimum absolute atomic E-state index is 0.141. The Bertz CT molecular complexity index is 413. The highest BCUT2D eigenvalue weighted by atomic mass is 16.1. The Labute approximate surface area is 87.3 Å². The number of rotatable bonds is 2. The zero-order valence-corrected chi connectivity index (χ0v) is 8.63. The van der Waals surface area contributed by atoms with Crippen molar-refractivity contribution in [2.24, 2.45) is 0 Å². The van der Waals surface area contributed by atoms with Crippen LogP contribution >= 0.6 is 0 Å². The lowest BCUT2D eigenvalue weighted by Crippen LogP contribution is -2.37. The number of nitrogen functional groups attached to an aromatic ring is 1. The van der Waals surface area contributed by atoms with Gasteiger partial charge in [-0.05, 0) is 6.42 Å². The van der Waals surface area contributed by atoms with Crippen molar-refractivity contribution in [1.82, 2.24) is 9.97 Å². The molecule has 0 radical (unpaired) electrons. The van der Waals surface area contributed by atoms with Crippen LogP contribution in [0.15, 0.2) is 4.79 Å². The van der Waals surface area contributed by atoms with Crippen molar-refractivity contribution in [3.8, 4) is 0 Å². The summed E-state index contributed by atoms with van der Waals surface area (Å²) in [6, 6.07) is 0.286. The van der Waals surface area contributed by atoms with Gasteiger partial charge >= 0.3 is 0 Å². The van der Waals surface area contributed by atoms with Crippen LogP contribution < -0.4 is 21.9 Å². The molecule has 2 rings (SSSR count). The summed E-state index contributed by atoms with van der Waals surface area (Å²) >= 11 is 0. The fourth-order valence-corrected chi connectivity index (χ4v) is 1.75. The SMILES string of the molecule is CCC[C@@H]1CNc2nc(N)[nH]c(=O)c2N1. The molecule has 1 aliphatic heterocycles. The van der Waals surface area contributed by atoms with Crippen molar-refractivity contribution in [3.63, 3.8) is 0 Å². The first-order valence-corrected chi connectivity index (χ1v) is 5.11. The lowest BCUT2D eigenvalue weighted by molar-refractivity contribution is 0.651. The second-order valence-electron chi connectivity index (χ2n) is 3.69. The molecule has 5 N–H and O–H groups in total. The van der Waals surface area contributed by atoms with E-state index in [2.05, 4.69) is 27.5 Å². The van der Waals surface area contributed by atoms with Gasteiger partial charge in [-0.15, -0.1) is 0 Å². The Kier molecular flexibility index (Phi) is 2.49. The molecule has 82 valence electrons. The Balaban J connectivity index is 2.29. The first kappa shape index (κ1) is 9.82. The Hall–Kier alpha value is -1.72. The zero-order chi connectivity index (χ0) is 10.8. The minimum atomic E-state index is -0.217. The number of nitrogens with zero attached hydrogens (tertiary/aromatic N) is 1. The number of fused-ring (bicyclic) bond motifs is 1. The van der Waals surface area contributed by atoms with Gasteiger partial charge in [-0.3, -0.25) is 9.78 Å². The molecule has 0 fully saturated rings. The van der Waals surface area contributed by atoms with Gasteiger partial charge in [-0.2, -0.15) is 4.98 Å². The predicted octanol–water partition coefficient (Wildman–Crippen LogP) is 0.358. The van der Waals surface area contributed by atoms with Crippen molar-refractivity contribution in [3.05, 3.63) is 10.4 Å². The Morgan fingerprint density at radius 3 is 3.13 bits per heavy atom. The largest absolute Gasteiger partial charge is 0.373 e. The number of hydrogen-bond acceptors (Lipinski definition) is 5. The highest BCUT2D eigenvalue weighted by Gasteiger charge is 2.20. The first-order chi connectivity index (χ1) is 7.20. The Morgan fingerprint density at radius 2 is 2.40 bits per heavy atom. The van der Waals surface area contributed by atoms with Crippen LogP contribution in [0.1, 0.15) is 19.8 Å². The number of anilines is 3. The second-order valence-corrected chi connectivity index (χ2v) is 3.69. The van der Waals surface area contributed by atoms with Gasteiger partial charge in [0.05, 0.1) is 0 Å². The van der Waals surface area contributed by atoms with E-state index < -0.39 is 0 Å².